The Morgan fingerprint density at radius 3 is 2.74 bits per heavy atom. The Kier molecular flexibility index (Phi) is 4.43. The highest BCUT2D eigenvalue weighted by Crippen LogP contribution is 2.20. The van der Waals surface area contributed by atoms with E-state index in [0.717, 1.165) is 18.7 Å². The van der Waals surface area contributed by atoms with Crippen LogP contribution in [0.25, 0.3) is 0 Å². The average Bonchev–Trinajstić information content (AvgIpc) is 2.89. The quantitative estimate of drug-likeness (QED) is 0.891. The van der Waals surface area contributed by atoms with Crippen LogP contribution in [0.4, 0.5) is 5.69 Å². The lowest BCUT2D eigenvalue weighted by Crippen LogP contribution is -2.38. The number of nitrogens with zero attached hydrogens (tertiary/aromatic N) is 2. The summed E-state index contributed by atoms with van der Waals surface area (Å²) in [7, 11) is 1.93. The first kappa shape index (κ1) is 13.9. The van der Waals surface area contributed by atoms with E-state index in [1.165, 1.54) is 0 Å². The lowest BCUT2D eigenvalue weighted by Gasteiger charge is -2.23. The topological polar surface area (TPSA) is 43.8 Å². The maximum absolute atomic E-state index is 12.2. The van der Waals surface area contributed by atoms with Crippen LogP contribution in [0.1, 0.15) is 13.3 Å². The lowest BCUT2D eigenvalue weighted by molar-refractivity contribution is -0.128. The number of likely N-dealkylation sites (N-methyl/N-ethyl adjacent to an activating group) is 1. The summed E-state index contributed by atoms with van der Waals surface area (Å²) in [6.45, 7) is 3.63. The molecule has 0 saturated carbocycles. The molecule has 2 atom stereocenters. The van der Waals surface area contributed by atoms with Crippen LogP contribution in [0, 0.1) is 5.92 Å². The Hall–Kier alpha value is -1.55. The van der Waals surface area contributed by atoms with E-state index in [2.05, 4.69) is 0 Å². The first-order valence-electron chi connectivity index (χ1n) is 6.80. The monoisotopic (exact) mass is 262 g/mol. The summed E-state index contributed by atoms with van der Waals surface area (Å²) in [5, 5.41) is 9.56. The molecular formula is C15H22N2O2. The maximum Gasteiger partial charge on any atom is 0.242 e. The zero-order chi connectivity index (χ0) is 13.8. The SMILES string of the molecule is CC(O)C1CCN(C(=O)CN(C)c2ccccc2)C1. The third-order valence-corrected chi connectivity index (χ3v) is 3.83. The van der Waals surface area contributed by atoms with Crippen molar-refractivity contribution >= 4 is 11.6 Å². The van der Waals surface area contributed by atoms with Crippen LogP contribution >= 0.6 is 0 Å². The smallest absolute Gasteiger partial charge is 0.242 e. The fourth-order valence-electron chi connectivity index (χ4n) is 2.48. The van der Waals surface area contributed by atoms with Gasteiger partial charge in [0.05, 0.1) is 12.6 Å². The van der Waals surface area contributed by atoms with Crippen LogP contribution in [-0.2, 0) is 4.79 Å². The minimum Gasteiger partial charge on any atom is -0.393 e. The second kappa shape index (κ2) is 6.06. The van der Waals surface area contributed by atoms with Gasteiger partial charge >= 0.3 is 0 Å². The van der Waals surface area contributed by atoms with E-state index in [-0.39, 0.29) is 17.9 Å². The molecule has 4 nitrogen and oxygen atoms in total. The highest BCUT2D eigenvalue weighted by Gasteiger charge is 2.29. The highest BCUT2D eigenvalue weighted by atomic mass is 16.3. The number of para-hydroxylation sites is 1. The first-order chi connectivity index (χ1) is 9.08. The molecule has 1 heterocycles. The Bertz CT molecular complexity index is 419. The van der Waals surface area contributed by atoms with E-state index in [1.54, 1.807) is 6.92 Å². The molecule has 1 aromatic carbocycles. The van der Waals surface area contributed by atoms with Crippen molar-refractivity contribution in [2.24, 2.45) is 5.92 Å². The number of anilines is 1. The van der Waals surface area contributed by atoms with Crippen LogP contribution in [0.5, 0.6) is 0 Å². The van der Waals surface area contributed by atoms with E-state index in [9.17, 15) is 9.90 Å². The molecular weight excluding hydrogens is 240 g/mol. The number of carbonyl (C=O) groups excluding carboxylic acids is 1. The van der Waals surface area contributed by atoms with Crippen LogP contribution in [-0.4, -0.2) is 48.7 Å². The van der Waals surface area contributed by atoms with Gasteiger partial charge < -0.3 is 14.9 Å². The second-order valence-corrected chi connectivity index (χ2v) is 5.32. The molecule has 1 amide bonds. The summed E-state index contributed by atoms with van der Waals surface area (Å²) >= 11 is 0. The second-order valence-electron chi connectivity index (χ2n) is 5.32. The van der Waals surface area contributed by atoms with E-state index in [1.807, 2.05) is 47.2 Å². The summed E-state index contributed by atoms with van der Waals surface area (Å²) in [6, 6.07) is 9.89. The van der Waals surface area contributed by atoms with Crippen molar-refractivity contribution in [2.45, 2.75) is 19.4 Å². The number of carbonyl (C=O) groups is 1. The number of hydrogen-bond donors (Lipinski definition) is 1. The van der Waals surface area contributed by atoms with Crippen LogP contribution in [0.3, 0.4) is 0 Å². The van der Waals surface area contributed by atoms with Gasteiger partial charge in [0.2, 0.25) is 5.91 Å². The van der Waals surface area contributed by atoms with Gasteiger partial charge in [0.25, 0.3) is 0 Å². The minimum atomic E-state index is -0.329. The predicted molar refractivity (Wildman–Crippen MR) is 76.1 cm³/mol. The van der Waals surface area contributed by atoms with Gasteiger partial charge in [-0.3, -0.25) is 4.79 Å². The Morgan fingerprint density at radius 2 is 2.16 bits per heavy atom. The zero-order valence-corrected chi connectivity index (χ0v) is 11.6. The van der Waals surface area contributed by atoms with E-state index in [4.69, 9.17) is 0 Å². The molecule has 1 aromatic rings. The van der Waals surface area contributed by atoms with Crippen LogP contribution < -0.4 is 4.90 Å². The standard InChI is InChI=1S/C15H22N2O2/c1-12(18)13-8-9-17(10-13)15(19)11-16(2)14-6-4-3-5-7-14/h3-7,12-13,18H,8-11H2,1-2H3. The Balaban J connectivity index is 1.88. The largest absolute Gasteiger partial charge is 0.393 e. The number of hydrogen-bond acceptors (Lipinski definition) is 3. The molecule has 19 heavy (non-hydrogen) atoms. The number of likely N-dealkylation sites (tertiary alicyclic amines) is 1. The molecule has 104 valence electrons. The van der Waals surface area contributed by atoms with Gasteiger partial charge in [-0.15, -0.1) is 0 Å². The number of aliphatic hydroxyl groups is 1. The summed E-state index contributed by atoms with van der Waals surface area (Å²) in [4.78, 5) is 16.0. The molecule has 1 N–H and O–H groups in total. The summed E-state index contributed by atoms with van der Waals surface area (Å²) in [5.74, 6) is 0.362. The fraction of sp³-hybridized carbons (Fsp3) is 0.533. The van der Waals surface area contributed by atoms with E-state index < -0.39 is 0 Å². The molecule has 1 fully saturated rings. The highest BCUT2D eigenvalue weighted by molar-refractivity contribution is 5.81. The van der Waals surface area contributed by atoms with Crippen LogP contribution in [0.15, 0.2) is 30.3 Å². The van der Waals surface area contributed by atoms with Crippen LogP contribution in [0.2, 0.25) is 0 Å². The predicted octanol–water partition coefficient (Wildman–Crippen LogP) is 1.35. The lowest BCUT2D eigenvalue weighted by atomic mass is 10.0. The third-order valence-electron chi connectivity index (χ3n) is 3.83. The number of aliphatic hydroxyl groups excluding tert-OH is 1. The van der Waals surface area contributed by atoms with Gasteiger partial charge in [-0.25, -0.2) is 0 Å². The van der Waals surface area contributed by atoms with Crippen molar-refractivity contribution in [3.8, 4) is 0 Å². The Labute approximate surface area is 114 Å². The third kappa shape index (κ3) is 3.47. The average molecular weight is 262 g/mol. The number of rotatable bonds is 4. The minimum absolute atomic E-state index is 0.134. The van der Waals surface area contributed by atoms with Crippen molar-refractivity contribution in [1.29, 1.82) is 0 Å². The zero-order valence-electron chi connectivity index (χ0n) is 11.6. The van der Waals surface area contributed by atoms with Gasteiger partial charge in [0, 0.05) is 31.7 Å². The molecule has 2 unspecified atom stereocenters. The fourth-order valence-corrected chi connectivity index (χ4v) is 2.48. The van der Waals surface area contributed by atoms with Gasteiger partial charge in [-0.05, 0) is 25.5 Å². The molecule has 2 rings (SSSR count). The molecule has 0 spiro atoms. The molecule has 1 aliphatic heterocycles. The van der Waals surface area contributed by atoms with Gasteiger partial charge in [0.1, 0.15) is 0 Å². The summed E-state index contributed by atoms with van der Waals surface area (Å²) in [6.07, 6.45) is 0.572. The number of amides is 1. The van der Waals surface area contributed by atoms with Crippen molar-refractivity contribution in [3.05, 3.63) is 30.3 Å². The maximum atomic E-state index is 12.2. The first-order valence-corrected chi connectivity index (χ1v) is 6.80. The molecule has 0 radical (unpaired) electrons. The van der Waals surface area contributed by atoms with Gasteiger partial charge in [-0.2, -0.15) is 0 Å². The van der Waals surface area contributed by atoms with Gasteiger partial charge in [-0.1, -0.05) is 18.2 Å². The summed E-state index contributed by atoms with van der Waals surface area (Å²) in [5.41, 5.74) is 1.04. The normalized spacial score (nSPS) is 20.4. The van der Waals surface area contributed by atoms with Crippen molar-refractivity contribution in [1.82, 2.24) is 4.90 Å². The van der Waals surface area contributed by atoms with Crippen molar-refractivity contribution in [2.75, 3.05) is 31.6 Å². The molecule has 0 aromatic heterocycles. The van der Waals surface area contributed by atoms with Crippen molar-refractivity contribution < 1.29 is 9.90 Å². The molecule has 4 heteroatoms. The number of benzene rings is 1. The Morgan fingerprint density at radius 1 is 1.47 bits per heavy atom. The molecule has 1 aliphatic rings. The summed E-state index contributed by atoms with van der Waals surface area (Å²) < 4.78 is 0. The molecule has 0 aliphatic carbocycles. The van der Waals surface area contributed by atoms with Crippen molar-refractivity contribution in [3.63, 3.8) is 0 Å². The van der Waals surface area contributed by atoms with E-state index in [0.29, 0.717) is 13.1 Å². The molecule has 1 saturated heterocycles. The van der Waals surface area contributed by atoms with E-state index >= 15 is 0 Å². The molecule has 0 bridgehead atoms. The van der Waals surface area contributed by atoms with Gasteiger partial charge in [0.15, 0.2) is 0 Å².